The standard InChI is InChI=1S/C26H25N3O6/c1-3-34-22-14-8-20(9-15-22)26(32)35-23-10-4-18(5-11-23)16-28-29-24(30)17-27-25(31)19-6-12-21(33-2)13-7-19/h4-16H,3,17H2,1-2H3,(H,27,31)(H,29,30). The number of methoxy groups -OCH3 is 1. The van der Waals surface area contributed by atoms with Crippen molar-refractivity contribution in [1.82, 2.24) is 10.7 Å². The van der Waals surface area contributed by atoms with Gasteiger partial charge in [-0.1, -0.05) is 0 Å². The van der Waals surface area contributed by atoms with Crippen molar-refractivity contribution in [3.05, 3.63) is 89.5 Å². The molecular formula is C26H25N3O6. The predicted molar refractivity (Wildman–Crippen MR) is 130 cm³/mol. The van der Waals surface area contributed by atoms with Crippen LogP contribution in [0.2, 0.25) is 0 Å². The van der Waals surface area contributed by atoms with E-state index in [2.05, 4.69) is 15.8 Å². The summed E-state index contributed by atoms with van der Waals surface area (Å²) in [4.78, 5) is 36.3. The summed E-state index contributed by atoms with van der Waals surface area (Å²) >= 11 is 0. The van der Waals surface area contributed by atoms with E-state index in [1.54, 1.807) is 72.8 Å². The summed E-state index contributed by atoms with van der Waals surface area (Å²) < 4.78 is 15.8. The molecule has 9 nitrogen and oxygen atoms in total. The third kappa shape index (κ3) is 7.71. The summed E-state index contributed by atoms with van der Waals surface area (Å²) in [6, 6.07) is 19.8. The van der Waals surface area contributed by atoms with E-state index < -0.39 is 11.9 Å². The lowest BCUT2D eigenvalue weighted by Gasteiger charge is -2.06. The Kier molecular flexibility index (Phi) is 8.95. The second-order valence-corrected chi connectivity index (χ2v) is 7.12. The van der Waals surface area contributed by atoms with Gasteiger partial charge in [-0.25, -0.2) is 10.2 Å². The minimum Gasteiger partial charge on any atom is -0.497 e. The van der Waals surface area contributed by atoms with Crippen LogP contribution < -0.4 is 25.0 Å². The summed E-state index contributed by atoms with van der Waals surface area (Å²) in [5, 5.41) is 6.38. The first-order chi connectivity index (χ1) is 17.0. The summed E-state index contributed by atoms with van der Waals surface area (Å²) in [5.41, 5.74) is 3.82. The highest BCUT2D eigenvalue weighted by Crippen LogP contribution is 2.16. The summed E-state index contributed by atoms with van der Waals surface area (Å²) in [6.45, 7) is 2.20. The van der Waals surface area contributed by atoms with Crippen molar-refractivity contribution < 1.29 is 28.6 Å². The maximum atomic E-state index is 12.3. The van der Waals surface area contributed by atoms with Crippen LogP contribution in [0.4, 0.5) is 0 Å². The van der Waals surface area contributed by atoms with E-state index in [4.69, 9.17) is 14.2 Å². The van der Waals surface area contributed by atoms with E-state index in [-0.39, 0.29) is 12.5 Å². The molecule has 0 fully saturated rings. The van der Waals surface area contributed by atoms with Gasteiger partial charge in [-0.3, -0.25) is 9.59 Å². The minimum atomic E-state index is -0.488. The van der Waals surface area contributed by atoms with Crippen molar-refractivity contribution >= 4 is 24.0 Å². The van der Waals surface area contributed by atoms with Gasteiger partial charge in [0.15, 0.2) is 0 Å². The molecule has 180 valence electrons. The van der Waals surface area contributed by atoms with Gasteiger partial charge in [0.2, 0.25) is 0 Å². The number of rotatable bonds is 10. The molecule has 0 aliphatic carbocycles. The molecule has 0 spiro atoms. The van der Waals surface area contributed by atoms with E-state index in [9.17, 15) is 14.4 Å². The van der Waals surface area contributed by atoms with Crippen LogP contribution in [0.25, 0.3) is 0 Å². The van der Waals surface area contributed by atoms with Gasteiger partial charge in [0.05, 0.1) is 32.0 Å². The van der Waals surface area contributed by atoms with Crippen molar-refractivity contribution in [2.24, 2.45) is 5.10 Å². The average Bonchev–Trinajstić information content (AvgIpc) is 2.89. The number of nitrogens with one attached hydrogen (secondary N) is 2. The maximum Gasteiger partial charge on any atom is 0.343 e. The number of nitrogens with zero attached hydrogens (tertiary/aromatic N) is 1. The quantitative estimate of drug-likeness (QED) is 0.201. The van der Waals surface area contributed by atoms with Crippen LogP contribution in [-0.2, 0) is 4.79 Å². The Labute approximate surface area is 202 Å². The van der Waals surface area contributed by atoms with Crippen LogP contribution in [0.15, 0.2) is 77.9 Å². The van der Waals surface area contributed by atoms with Gasteiger partial charge in [-0.15, -0.1) is 0 Å². The van der Waals surface area contributed by atoms with Gasteiger partial charge in [-0.05, 0) is 85.3 Å². The molecule has 0 saturated carbocycles. The molecule has 0 aromatic heterocycles. The highest BCUT2D eigenvalue weighted by Gasteiger charge is 2.09. The fourth-order valence-electron chi connectivity index (χ4n) is 2.87. The van der Waals surface area contributed by atoms with Crippen LogP contribution in [0.5, 0.6) is 17.2 Å². The van der Waals surface area contributed by atoms with Crippen LogP contribution in [0.1, 0.15) is 33.2 Å². The number of benzene rings is 3. The molecule has 0 unspecified atom stereocenters. The van der Waals surface area contributed by atoms with Crippen molar-refractivity contribution in [3.63, 3.8) is 0 Å². The average molecular weight is 476 g/mol. The smallest absolute Gasteiger partial charge is 0.343 e. The first kappa shape index (κ1) is 25.0. The molecular weight excluding hydrogens is 450 g/mol. The summed E-state index contributed by atoms with van der Waals surface area (Å²) in [7, 11) is 1.54. The lowest BCUT2D eigenvalue weighted by atomic mass is 10.2. The topological polar surface area (TPSA) is 115 Å². The van der Waals surface area contributed by atoms with Crippen molar-refractivity contribution in [1.29, 1.82) is 0 Å². The molecule has 2 amide bonds. The molecule has 0 radical (unpaired) electrons. The summed E-state index contributed by atoms with van der Waals surface area (Å²) in [6.07, 6.45) is 1.43. The highest BCUT2D eigenvalue weighted by molar-refractivity contribution is 5.96. The Bertz CT molecular complexity index is 1170. The molecule has 2 N–H and O–H groups in total. The van der Waals surface area contributed by atoms with Crippen molar-refractivity contribution in [3.8, 4) is 17.2 Å². The van der Waals surface area contributed by atoms with Gasteiger partial charge < -0.3 is 19.5 Å². The maximum absolute atomic E-state index is 12.3. The SMILES string of the molecule is CCOc1ccc(C(=O)Oc2ccc(C=NNC(=O)CNC(=O)c3ccc(OC)cc3)cc2)cc1. The zero-order chi connectivity index (χ0) is 25.0. The number of hydrogen-bond acceptors (Lipinski definition) is 7. The first-order valence-corrected chi connectivity index (χ1v) is 10.8. The van der Waals surface area contributed by atoms with E-state index in [1.165, 1.54) is 13.3 Å². The number of hydrogen-bond donors (Lipinski definition) is 2. The lowest BCUT2D eigenvalue weighted by molar-refractivity contribution is -0.120. The first-order valence-electron chi connectivity index (χ1n) is 10.8. The van der Waals surface area contributed by atoms with Crippen molar-refractivity contribution in [2.75, 3.05) is 20.3 Å². The Morgan fingerprint density at radius 3 is 2.06 bits per heavy atom. The van der Waals surface area contributed by atoms with Gasteiger partial charge in [0.1, 0.15) is 17.2 Å². The van der Waals surface area contributed by atoms with E-state index in [1.807, 2.05) is 6.92 Å². The fraction of sp³-hybridized carbons (Fsp3) is 0.154. The molecule has 9 heteroatoms. The molecule has 0 bridgehead atoms. The highest BCUT2D eigenvalue weighted by atomic mass is 16.5. The number of amides is 2. The monoisotopic (exact) mass is 475 g/mol. The number of hydrazone groups is 1. The molecule has 0 aliphatic rings. The normalized spacial score (nSPS) is 10.5. The molecule has 3 aromatic carbocycles. The minimum absolute atomic E-state index is 0.233. The zero-order valence-corrected chi connectivity index (χ0v) is 19.3. The Morgan fingerprint density at radius 2 is 1.43 bits per heavy atom. The predicted octanol–water partition coefficient (Wildman–Crippen LogP) is 3.19. The number of carbonyl (C=O) groups excluding carboxylic acids is 3. The van der Waals surface area contributed by atoms with E-state index in [0.29, 0.717) is 40.5 Å². The van der Waals surface area contributed by atoms with Gasteiger partial charge in [0, 0.05) is 5.56 Å². The largest absolute Gasteiger partial charge is 0.497 e. The second-order valence-electron chi connectivity index (χ2n) is 7.12. The number of esters is 1. The third-order valence-electron chi connectivity index (χ3n) is 4.66. The third-order valence-corrected chi connectivity index (χ3v) is 4.66. The second kappa shape index (κ2) is 12.5. The van der Waals surface area contributed by atoms with E-state index in [0.717, 1.165) is 0 Å². The van der Waals surface area contributed by atoms with Gasteiger partial charge in [0.25, 0.3) is 11.8 Å². The molecule has 35 heavy (non-hydrogen) atoms. The lowest BCUT2D eigenvalue weighted by Crippen LogP contribution is -2.34. The molecule has 3 aromatic rings. The van der Waals surface area contributed by atoms with Gasteiger partial charge >= 0.3 is 5.97 Å². The number of ether oxygens (including phenoxy) is 3. The summed E-state index contributed by atoms with van der Waals surface area (Å²) in [5.74, 6) is 0.322. The molecule has 0 atom stereocenters. The zero-order valence-electron chi connectivity index (χ0n) is 19.3. The van der Waals surface area contributed by atoms with Gasteiger partial charge in [-0.2, -0.15) is 5.10 Å². The number of carbonyl (C=O) groups is 3. The van der Waals surface area contributed by atoms with Crippen LogP contribution in [0, 0.1) is 0 Å². The van der Waals surface area contributed by atoms with Crippen LogP contribution in [0.3, 0.4) is 0 Å². The molecule has 3 rings (SSSR count). The Balaban J connectivity index is 1.43. The van der Waals surface area contributed by atoms with E-state index >= 15 is 0 Å². The Morgan fingerprint density at radius 1 is 0.829 bits per heavy atom. The van der Waals surface area contributed by atoms with Crippen LogP contribution in [-0.4, -0.2) is 44.3 Å². The fourth-order valence-corrected chi connectivity index (χ4v) is 2.87. The molecule has 0 saturated heterocycles. The molecule has 0 aliphatic heterocycles. The van der Waals surface area contributed by atoms with Crippen molar-refractivity contribution in [2.45, 2.75) is 6.92 Å². The Hall–Kier alpha value is -4.66. The van der Waals surface area contributed by atoms with Crippen LogP contribution >= 0.6 is 0 Å². The molecule has 0 heterocycles.